The van der Waals surface area contributed by atoms with Gasteiger partial charge < -0.3 is 0 Å². The molecule has 1 saturated heterocycles. The van der Waals surface area contributed by atoms with Gasteiger partial charge in [0.15, 0.2) is 10.1 Å². The second-order valence-corrected chi connectivity index (χ2v) is 5.21. The molecule has 0 amide bonds. The van der Waals surface area contributed by atoms with Gasteiger partial charge in [-0.25, -0.2) is 15.1 Å². The summed E-state index contributed by atoms with van der Waals surface area (Å²) in [7, 11) is 0. The van der Waals surface area contributed by atoms with Crippen LogP contribution in [0.1, 0.15) is 12.0 Å². The van der Waals surface area contributed by atoms with E-state index in [2.05, 4.69) is 10.1 Å². The Labute approximate surface area is 107 Å². The maximum Gasteiger partial charge on any atom is 0.191 e. The number of aromatic nitrogens is 1. The third kappa shape index (κ3) is 3.41. The largest absolute Gasteiger partial charge is 0.244 e. The van der Waals surface area contributed by atoms with Gasteiger partial charge in [-0.05, 0) is 24.5 Å². The molecule has 0 aliphatic carbocycles. The monoisotopic (exact) mass is 271 g/mol. The molecule has 90 valence electrons. The highest BCUT2D eigenvalue weighted by Crippen LogP contribution is 2.30. The van der Waals surface area contributed by atoms with Crippen LogP contribution in [0.15, 0.2) is 23.4 Å². The van der Waals surface area contributed by atoms with Crippen molar-refractivity contribution in [1.29, 1.82) is 0 Å². The standard InChI is InChI=1S/C10H10ClN3O2S/c11-9-2-1-7(6-12-9)5-8-3-4-17-10(8)13-14(15)16/h1-2,6,8H,3-5H2/b13-10-. The van der Waals surface area contributed by atoms with Crippen LogP contribution < -0.4 is 0 Å². The number of hydrazone groups is 1. The van der Waals surface area contributed by atoms with E-state index in [1.165, 1.54) is 11.8 Å². The molecule has 0 radical (unpaired) electrons. The molecule has 1 unspecified atom stereocenters. The normalized spacial score (nSPS) is 21.9. The lowest BCUT2D eigenvalue weighted by Gasteiger charge is -2.07. The first-order chi connectivity index (χ1) is 8.15. The molecule has 1 aliphatic rings. The fourth-order valence-corrected chi connectivity index (χ4v) is 3.02. The molecule has 2 rings (SSSR count). The van der Waals surface area contributed by atoms with Gasteiger partial charge in [0.1, 0.15) is 5.15 Å². The van der Waals surface area contributed by atoms with E-state index >= 15 is 0 Å². The zero-order valence-electron chi connectivity index (χ0n) is 8.88. The molecule has 0 bridgehead atoms. The number of halogens is 1. The minimum Gasteiger partial charge on any atom is -0.244 e. The summed E-state index contributed by atoms with van der Waals surface area (Å²) in [4.78, 5) is 14.4. The number of pyridine rings is 1. The maximum absolute atomic E-state index is 10.4. The Bertz CT molecular complexity index is 449. The first kappa shape index (κ1) is 12.3. The van der Waals surface area contributed by atoms with Crippen molar-refractivity contribution < 1.29 is 5.03 Å². The summed E-state index contributed by atoms with van der Waals surface area (Å²) in [5, 5.41) is 14.2. The van der Waals surface area contributed by atoms with E-state index in [-0.39, 0.29) is 5.92 Å². The maximum atomic E-state index is 10.4. The average molecular weight is 272 g/mol. The van der Waals surface area contributed by atoms with Crippen LogP contribution in [0.3, 0.4) is 0 Å². The Kier molecular flexibility index (Phi) is 3.96. The molecule has 7 heteroatoms. The molecular formula is C10H10ClN3O2S. The molecule has 0 saturated carbocycles. The third-order valence-electron chi connectivity index (χ3n) is 2.52. The zero-order chi connectivity index (χ0) is 12.3. The van der Waals surface area contributed by atoms with E-state index in [0.29, 0.717) is 10.2 Å². The van der Waals surface area contributed by atoms with E-state index < -0.39 is 5.03 Å². The van der Waals surface area contributed by atoms with Crippen LogP contribution >= 0.6 is 23.4 Å². The summed E-state index contributed by atoms with van der Waals surface area (Å²) in [5.41, 5.74) is 1.03. The first-order valence-electron chi connectivity index (χ1n) is 5.11. The van der Waals surface area contributed by atoms with E-state index in [1.807, 2.05) is 6.07 Å². The van der Waals surface area contributed by atoms with E-state index in [0.717, 1.165) is 24.2 Å². The van der Waals surface area contributed by atoms with Crippen LogP contribution in [-0.2, 0) is 6.42 Å². The van der Waals surface area contributed by atoms with Crippen molar-refractivity contribution in [3.05, 3.63) is 39.2 Å². The summed E-state index contributed by atoms with van der Waals surface area (Å²) in [5.74, 6) is 1.02. The highest BCUT2D eigenvalue weighted by Gasteiger charge is 2.26. The van der Waals surface area contributed by atoms with Crippen molar-refractivity contribution in [2.24, 2.45) is 11.0 Å². The molecule has 5 nitrogen and oxygen atoms in total. The Hall–Kier alpha value is -1.14. The number of hydrogen-bond acceptors (Lipinski definition) is 4. The van der Waals surface area contributed by atoms with Gasteiger partial charge in [0.05, 0.1) is 5.10 Å². The van der Waals surface area contributed by atoms with Crippen LogP contribution in [0, 0.1) is 16.0 Å². The van der Waals surface area contributed by atoms with Crippen LogP contribution in [0.5, 0.6) is 0 Å². The van der Waals surface area contributed by atoms with E-state index in [1.54, 1.807) is 12.3 Å². The minimum atomic E-state index is -0.624. The quantitative estimate of drug-likeness (QED) is 0.481. The fourth-order valence-electron chi connectivity index (χ4n) is 1.74. The van der Waals surface area contributed by atoms with E-state index in [9.17, 15) is 10.1 Å². The number of thioether (sulfide) groups is 1. The summed E-state index contributed by atoms with van der Waals surface area (Å²) < 4.78 is 0. The SMILES string of the molecule is O=[N+]([O-])/N=C1\SCCC1Cc1ccc(Cl)nc1. The van der Waals surface area contributed by atoms with Crippen LogP contribution in [-0.4, -0.2) is 20.8 Å². The van der Waals surface area contributed by atoms with Crippen LogP contribution in [0.25, 0.3) is 0 Å². The van der Waals surface area contributed by atoms with Gasteiger partial charge in [-0.15, -0.1) is 11.8 Å². The summed E-state index contributed by atoms with van der Waals surface area (Å²) >= 11 is 7.16. The van der Waals surface area contributed by atoms with Gasteiger partial charge in [-0.3, -0.25) is 0 Å². The highest BCUT2D eigenvalue weighted by molar-refractivity contribution is 8.14. The van der Waals surface area contributed by atoms with Gasteiger partial charge in [0.2, 0.25) is 0 Å². The number of hydrogen-bond donors (Lipinski definition) is 0. The molecule has 1 atom stereocenters. The van der Waals surface area contributed by atoms with E-state index in [4.69, 9.17) is 11.6 Å². The predicted molar refractivity (Wildman–Crippen MR) is 67.9 cm³/mol. The lowest BCUT2D eigenvalue weighted by Crippen LogP contribution is -2.10. The topological polar surface area (TPSA) is 68.4 Å². The molecule has 1 aromatic heterocycles. The summed E-state index contributed by atoms with van der Waals surface area (Å²) in [6, 6.07) is 3.62. The molecule has 17 heavy (non-hydrogen) atoms. The zero-order valence-corrected chi connectivity index (χ0v) is 10.4. The fraction of sp³-hybridized carbons (Fsp3) is 0.400. The Morgan fingerprint density at radius 1 is 1.65 bits per heavy atom. The third-order valence-corrected chi connectivity index (χ3v) is 3.89. The lowest BCUT2D eigenvalue weighted by molar-refractivity contribution is -0.484. The smallest absolute Gasteiger partial charge is 0.191 e. The van der Waals surface area contributed by atoms with Crippen molar-refractivity contribution in [1.82, 2.24) is 4.98 Å². The lowest BCUT2D eigenvalue weighted by atomic mass is 9.99. The first-order valence-corrected chi connectivity index (χ1v) is 6.47. The van der Waals surface area contributed by atoms with Gasteiger partial charge in [-0.1, -0.05) is 17.7 Å². The van der Waals surface area contributed by atoms with Crippen molar-refractivity contribution in [3.63, 3.8) is 0 Å². The van der Waals surface area contributed by atoms with Crippen LogP contribution in [0.2, 0.25) is 5.15 Å². The molecule has 0 aromatic carbocycles. The average Bonchev–Trinajstić information content (AvgIpc) is 2.68. The molecule has 1 aromatic rings. The van der Waals surface area contributed by atoms with Crippen molar-refractivity contribution in [2.75, 3.05) is 5.75 Å². The predicted octanol–water partition coefficient (Wildman–Crippen LogP) is 2.62. The van der Waals surface area contributed by atoms with Gasteiger partial charge in [0.25, 0.3) is 0 Å². The molecular weight excluding hydrogens is 262 g/mol. The van der Waals surface area contributed by atoms with Gasteiger partial charge in [0, 0.05) is 17.9 Å². The van der Waals surface area contributed by atoms with Crippen molar-refractivity contribution in [3.8, 4) is 0 Å². The summed E-state index contributed by atoms with van der Waals surface area (Å²) in [6.07, 6.45) is 3.35. The van der Waals surface area contributed by atoms with Crippen LogP contribution in [0.4, 0.5) is 0 Å². The Morgan fingerprint density at radius 2 is 2.47 bits per heavy atom. The van der Waals surface area contributed by atoms with Crippen molar-refractivity contribution in [2.45, 2.75) is 12.8 Å². The van der Waals surface area contributed by atoms with Crippen molar-refractivity contribution >= 4 is 28.4 Å². The second kappa shape index (κ2) is 5.46. The molecule has 1 fully saturated rings. The second-order valence-electron chi connectivity index (χ2n) is 3.70. The number of rotatable bonds is 3. The van der Waals surface area contributed by atoms with Gasteiger partial charge in [-0.2, -0.15) is 0 Å². The number of nitro groups is 1. The van der Waals surface area contributed by atoms with Gasteiger partial charge >= 0.3 is 0 Å². The molecule has 0 N–H and O–H groups in total. The molecule has 0 spiro atoms. The highest BCUT2D eigenvalue weighted by atomic mass is 35.5. The molecule has 1 aliphatic heterocycles. The number of nitrogens with zero attached hydrogens (tertiary/aromatic N) is 3. The minimum absolute atomic E-state index is 0.133. The molecule has 2 heterocycles. The Balaban J connectivity index is 2.07. The Morgan fingerprint density at radius 3 is 3.12 bits per heavy atom. The summed E-state index contributed by atoms with van der Waals surface area (Å²) in [6.45, 7) is 0.